The summed E-state index contributed by atoms with van der Waals surface area (Å²) in [6.45, 7) is 0.769. The molecule has 2 atom stereocenters. The van der Waals surface area contributed by atoms with E-state index in [4.69, 9.17) is 16.3 Å². The molecule has 2 N–H and O–H groups in total. The SMILES string of the molecule is COc1nccc(N2C[C@H](O)C[C@H](NC(=O)c3cncc(Cl)c3)C2)c1C#N. The fraction of sp³-hybridized carbons (Fsp3) is 0.333. The Balaban J connectivity index is 1.79. The largest absolute Gasteiger partial charge is 0.480 e. The van der Waals surface area contributed by atoms with E-state index >= 15 is 0 Å². The van der Waals surface area contributed by atoms with Gasteiger partial charge in [-0.05, 0) is 18.6 Å². The molecule has 1 amide bonds. The molecule has 0 spiro atoms. The zero-order valence-electron chi connectivity index (χ0n) is 14.6. The third-order valence-electron chi connectivity index (χ3n) is 4.27. The van der Waals surface area contributed by atoms with E-state index in [0.717, 1.165) is 0 Å². The van der Waals surface area contributed by atoms with Crippen LogP contribution in [0.4, 0.5) is 5.69 Å². The Hall–Kier alpha value is -2.89. The molecule has 140 valence electrons. The van der Waals surface area contributed by atoms with Crippen molar-refractivity contribution in [3.63, 3.8) is 0 Å². The van der Waals surface area contributed by atoms with E-state index in [2.05, 4.69) is 21.4 Å². The predicted octanol–water partition coefficient (Wildman–Crippen LogP) is 1.38. The minimum atomic E-state index is -0.660. The fourth-order valence-corrected chi connectivity index (χ4v) is 3.31. The summed E-state index contributed by atoms with van der Waals surface area (Å²) in [7, 11) is 1.44. The van der Waals surface area contributed by atoms with Gasteiger partial charge in [0.25, 0.3) is 5.91 Å². The smallest absolute Gasteiger partial charge is 0.253 e. The van der Waals surface area contributed by atoms with E-state index in [1.165, 1.54) is 25.6 Å². The number of anilines is 1. The highest BCUT2D eigenvalue weighted by Gasteiger charge is 2.29. The number of amides is 1. The number of carbonyl (C=O) groups excluding carboxylic acids is 1. The van der Waals surface area contributed by atoms with Gasteiger partial charge in [0.2, 0.25) is 5.88 Å². The maximum absolute atomic E-state index is 12.4. The molecule has 0 bridgehead atoms. The predicted molar refractivity (Wildman–Crippen MR) is 98.8 cm³/mol. The number of rotatable bonds is 4. The highest BCUT2D eigenvalue weighted by atomic mass is 35.5. The first kappa shape index (κ1) is 18.9. The number of aliphatic hydroxyl groups excluding tert-OH is 1. The molecule has 1 saturated heterocycles. The lowest BCUT2D eigenvalue weighted by Crippen LogP contribution is -2.53. The quantitative estimate of drug-likeness (QED) is 0.815. The molecule has 0 radical (unpaired) electrons. The molecule has 2 aromatic rings. The molecule has 9 heteroatoms. The average molecular weight is 388 g/mol. The van der Waals surface area contributed by atoms with Gasteiger partial charge in [0.1, 0.15) is 11.6 Å². The van der Waals surface area contributed by atoms with Crippen LogP contribution in [0.2, 0.25) is 5.02 Å². The Kier molecular flexibility index (Phi) is 5.74. The van der Waals surface area contributed by atoms with E-state index in [1.807, 2.05) is 4.90 Å². The van der Waals surface area contributed by atoms with Crippen molar-refractivity contribution in [2.45, 2.75) is 18.6 Å². The van der Waals surface area contributed by atoms with E-state index in [1.54, 1.807) is 12.3 Å². The molecule has 1 fully saturated rings. The summed E-state index contributed by atoms with van der Waals surface area (Å²) in [6, 6.07) is 5.00. The molecule has 0 aliphatic carbocycles. The van der Waals surface area contributed by atoms with Crippen molar-refractivity contribution in [2.24, 2.45) is 0 Å². The Bertz CT molecular complexity index is 886. The van der Waals surface area contributed by atoms with Gasteiger partial charge >= 0.3 is 0 Å². The first-order chi connectivity index (χ1) is 13.0. The minimum Gasteiger partial charge on any atom is -0.480 e. The Morgan fingerprint density at radius 2 is 2.30 bits per heavy atom. The van der Waals surface area contributed by atoms with Crippen LogP contribution < -0.4 is 15.0 Å². The van der Waals surface area contributed by atoms with Crippen LogP contribution in [-0.4, -0.2) is 53.3 Å². The number of nitriles is 1. The van der Waals surface area contributed by atoms with Gasteiger partial charge in [0.15, 0.2) is 0 Å². The Labute approximate surface area is 161 Å². The first-order valence-corrected chi connectivity index (χ1v) is 8.67. The van der Waals surface area contributed by atoms with Gasteiger partial charge in [-0.2, -0.15) is 5.26 Å². The molecule has 3 heterocycles. The topological polar surface area (TPSA) is 111 Å². The number of hydrogen-bond donors (Lipinski definition) is 2. The lowest BCUT2D eigenvalue weighted by atomic mass is 10.0. The number of methoxy groups -OCH3 is 1. The van der Waals surface area contributed by atoms with Crippen molar-refractivity contribution in [3.05, 3.63) is 46.9 Å². The second kappa shape index (κ2) is 8.20. The lowest BCUT2D eigenvalue weighted by molar-refractivity contribution is 0.0894. The second-order valence-electron chi connectivity index (χ2n) is 6.18. The van der Waals surface area contributed by atoms with Gasteiger partial charge in [0.05, 0.1) is 29.5 Å². The number of hydrogen-bond acceptors (Lipinski definition) is 7. The summed E-state index contributed by atoms with van der Waals surface area (Å²) in [5.41, 5.74) is 1.24. The van der Waals surface area contributed by atoms with Crippen molar-refractivity contribution in [1.82, 2.24) is 15.3 Å². The van der Waals surface area contributed by atoms with E-state index in [9.17, 15) is 15.2 Å². The molecule has 0 aromatic carbocycles. The van der Waals surface area contributed by atoms with E-state index in [0.29, 0.717) is 41.3 Å². The average Bonchev–Trinajstić information content (AvgIpc) is 2.66. The first-order valence-electron chi connectivity index (χ1n) is 8.29. The van der Waals surface area contributed by atoms with Crippen molar-refractivity contribution in [3.8, 4) is 11.9 Å². The number of halogens is 1. The van der Waals surface area contributed by atoms with Crippen LogP contribution in [0.5, 0.6) is 5.88 Å². The summed E-state index contributed by atoms with van der Waals surface area (Å²) >= 11 is 5.88. The highest BCUT2D eigenvalue weighted by molar-refractivity contribution is 6.30. The monoisotopic (exact) mass is 387 g/mol. The number of piperidine rings is 1. The van der Waals surface area contributed by atoms with Crippen molar-refractivity contribution in [2.75, 3.05) is 25.1 Å². The molecule has 0 unspecified atom stereocenters. The Morgan fingerprint density at radius 3 is 3.00 bits per heavy atom. The number of pyridine rings is 2. The summed E-state index contributed by atoms with van der Waals surface area (Å²) < 4.78 is 5.14. The number of aliphatic hydroxyl groups is 1. The van der Waals surface area contributed by atoms with Gasteiger partial charge in [-0.25, -0.2) is 4.98 Å². The van der Waals surface area contributed by atoms with Crippen molar-refractivity contribution < 1.29 is 14.6 Å². The number of nitrogens with one attached hydrogen (secondary N) is 1. The molecule has 0 saturated carbocycles. The van der Waals surface area contributed by atoms with Crippen LogP contribution in [0.15, 0.2) is 30.7 Å². The van der Waals surface area contributed by atoms with Crippen LogP contribution in [-0.2, 0) is 0 Å². The van der Waals surface area contributed by atoms with Gasteiger partial charge in [-0.15, -0.1) is 0 Å². The van der Waals surface area contributed by atoms with Crippen LogP contribution in [0, 0.1) is 11.3 Å². The maximum Gasteiger partial charge on any atom is 0.253 e. The number of aromatic nitrogens is 2. The number of carbonyl (C=O) groups is 1. The fourth-order valence-electron chi connectivity index (χ4n) is 3.13. The standard InChI is InChI=1S/C18H18ClN5O3/c1-27-18-15(6-20)16(2-3-22-18)24-9-13(5-14(25)10-24)23-17(26)11-4-12(19)8-21-7-11/h2-4,7-8,13-14,25H,5,9-10H2,1H3,(H,23,26)/t13-,14+/m0/s1. The van der Waals surface area contributed by atoms with Crippen molar-refractivity contribution in [1.29, 1.82) is 5.26 Å². The molecule has 3 rings (SSSR count). The Morgan fingerprint density at radius 1 is 1.48 bits per heavy atom. The van der Waals surface area contributed by atoms with Crippen molar-refractivity contribution >= 4 is 23.2 Å². The van der Waals surface area contributed by atoms with E-state index < -0.39 is 6.10 Å². The normalized spacial score (nSPS) is 19.3. The summed E-state index contributed by atoms with van der Waals surface area (Å²) in [4.78, 5) is 22.2. The van der Waals surface area contributed by atoms with Gasteiger partial charge < -0.3 is 20.1 Å². The summed E-state index contributed by atoms with van der Waals surface area (Å²) in [5.74, 6) is -0.0995. The second-order valence-corrected chi connectivity index (χ2v) is 6.62. The number of nitrogens with zero attached hydrogens (tertiary/aromatic N) is 4. The molecule has 1 aliphatic rings. The molecule has 27 heavy (non-hydrogen) atoms. The van der Waals surface area contributed by atoms with Crippen LogP contribution >= 0.6 is 11.6 Å². The minimum absolute atomic E-state index is 0.223. The molecule has 1 aliphatic heterocycles. The zero-order chi connectivity index (χ0) is 19.4. The van der Waals surface area contributed by atoms with Crippen LogP contribution in [0.25, 0.3) is 0 Å². The van der Waals surface area contributed by atoms with Gasteiger partial charge in [-0.1, -0.05) is 11.6 Å². The van der Waals surface area contributed by atoms with Crippen LogP contribution in [0.1, 0.15) is 22.3 Å². The molecule has 8 nitrogen and oxygen atoms in total. The number of ether oxygens (including phenoxy) is 1. The number of β-amino-alcohol motifs (C(OH)–C–C–N with tert-alkyl or cyclic N) is 1. The van der Waals surface area contributed by atoms with Gasteiger partial charge in [0, 0.05) is 37.7 Å². The van der Waals surface area contributed by atoms with E-state index in [-0.39, 0.29) is 17.8 Å². The summed E-state index contributed by atoms with van der Waals surface area (Å²) in [6.07, 6.45) is 4.17. The maximum atomic E-state index is 12.4. The summed E-state index contributed by atoms with van der Waals surface area (Å²) in [5, 5.41) is 23.0. The highest BCUT2D eigenvalue weighted by Crippen LogP contribution is 2.28. The molecule has 2 aromatic heterocycles. The van der Waals surface area contributed by atoms with Gasteiger partial charge in [-0.3, -0.25) is 9.78 Å². The van der Waals surface area contributed by atoms with Crippen LogP contribution in [0.3, 0.4) is 0 Å². The zero-order valence-corrected chi connectivity index (χ0v) is 15.3. The lowest BCUT2D eigenvalue weighted by Gasteiger charge is -2.37. The third-order valence-corrected chi connectivity index (χ3v) is 4.48. The molecular formula is C18H18ClN5O3. The molecular weight excluding hydrogens is 370 g/mol. The third kappa shape index (κ3) is 4.27.